The normalized spacial score (nSPS) is 21.2. The number of ether oxygens (including phenoxy) is 1. The molecule has 3 aliphatic rings. The van der Waals surface area contributed by atoms with Gasteiger partial charge in [0.1, 0.15) is 0 Å². The number of hydrogen-bond donors (Lipinski definition) is 0. The molecule has 2 amide bonds. The number of fused-ring (bicyclic) bond motifs is 2. The van der Waals surface area contributed by atoms with Crippen molar-refractivity contribution in [2.75, 3.05) is 40.4 Å². The smallest absolute Gasteiger partial charge is 0.274 e. The summed E-state index contributed by atoms with van der Waals surface area (Å²) in [4.78, 5) is 29.8. The van der Waals surface area contributed by atoms with Gasteiger partial charge in [-0.3, -0.25) is 9.59 Å². The topological polar surface area (TPSA) is 102 Å². The van der Waals surface area contributed by atoms with E-state index in [2.05, 4.69) is 5.10 Å². The molecule has 9 nitrogen and oxygen atoms in total. The quantitative estimate of drug-likeness (QED) is 0.645. The minimum Gasteiger partial charge on any atom is -0.378 e. The maximum atomic E-state index is 13.5. The van der Waals surface area contributed by atoms with Crippen molar-refractivity contribution in [3.8, 4) is 5.69 Å². The Labute approximate surface area is 204 Å². The average Bonchev–Trinajstić information content (AvgIpc) is 3.22. The Bertz CT molecular complexity index is 1370. The Balaban J connectivity index is 1.77. The number of likely N-dealkylation sites (N-methyl/N-ethyl adjacent to an activating group) is 1. The fraction of sp³-hybridized carbons (Fsp3) is 0.400. The average molecular weight is 497 g/mol. The molecule has 1 atom stereocenters. The highest BCUT2D eigenvalue weighted by Crippen LogP contribution is 2.45. The molecule has 1 aliphatic carbocycles. The first kappa shape index (κ1) is 23.5. The van der Waals surface area contributed by atoms with E-state index in [0.29, 0.717) is 65.7 Å². The van der Waals surface area contributed by atoms with Gasteiger partial charge in [0.25, 0.3) is 5.91 Å². The lowest BCUT2D eigenvalue weighted by Crippen LogP contribution is -2.41. The molecule has 1 unspecified atom stereocenters. The predicted molar refractivity (Wildman–Crippen MR) is 130 cm³/mol. The highest BCUT2D eigenvalue weighted by atomic mass is 32.2. The van der Waals surface area contributed by atoms with E-state index in [1.807, 2.05) is 37.3 Å². The van der Waals surface area contributed by atoms with Gasteiger partial charge in [0.05, 0.1) is 35.3 Å². The number of carbonyl (C=O) groups is 2. The summed E-state index contributed by atoms with van der Waals surface area (Å²) >= 11 is 0. The molecule has 184 valence electrons. The molecule has 1 saturated heterocycles. The Morgan fingerprint density at radius 3 is 2.46 bits per heavy atom. The molecule has 1 aromatic heterocycles. The number of nitrogens with zero attached hydrogens (tertiary/aromatic N) is 4. The van der Waals surface area contributed by atoms with Gasteiger partial charge in [-0.1, -0.05) is 25.1 Å². The second-order valence-electron chi connectivity index (χ2n) is 9.34. The number of hydrogen-bond acceptors (Lipinski definition) is 6. The van der Waals surface area contributed by atoms with Crippen molar-refractivity contribution < 1.29 is 22.7 Å². The van der Waals surface area contributed by atoms with Crippen LogP contribution in [0, 0.1) is 5.92 Å². The van der Waals surface area contributed by atoms with Crippen LogP contribution in [0.4, 0.5) is 0 Å². The van der Waals surface area contributed by atoms with Crippen molar-refractivity contribution >= 4 is 27.2 Å². The van der Waals surface area contributed by atoms with E-state index in [4.69, 9.17) is 4.74 Å². The molecular formula is C25H28N4O5S. The van der Waals surface area contributed by atoms with E-state index in [-0.39, 0.29) is 29.2 Å². The van der Waals surface area contributed by atoms with Crippen LogP contribution in [0.25, 0.3) is 11.3 Å². The molecule has 0 spiro atoms. The highest BCUT2D eigenvalue weighted by Gasteiger charge is 2.42. The summed E-state index contributed by atoms with van der Waals surface area (Å²) in [5, 5.41) is 4.69. The summed E-state index contributed by atoms with van der Waals surface area (Å²) in [7, 11) is -0.360. The highest BCUT2D eigenvalue weighted by molar-refractivity contribution is 7.94. The Hall–Kier alpha value is -3.24. The van der Waals surface area contributed by atoms with Crippen LogP contribution in [-0.2, 0) is 25.1 Å². The molecular weight excluding hydrogens is 468 g/mol. The summed E-state index contributed by atoms with van der Waals surface area (Å²) in [6.45, 7) is 3.53. The number of benzene rings is 1. The maximum absolute atomic E-state index is 13.5. The maximum Gasteiger partial charge on any atom is 0.274 e. The van der Waals surface area contributed by atoms with Crippen molar-refractivity contribution in [1.82, 2.24) is 19.6 Å². The van der Waals surface area contributed by atoms with E-state index in [1.165, 1.54) is 4.90 Å². The summed E-state index contributed by atoms with van der Waals surface area (Å²) in [5.41, 5.74) is 2.77. The minimum atomic E-state index is -3.71. The lowest BCUT2D eigenvalue weighted by molar-refractivity contribution is -0.124. The number of amides is 2. The lowest BCUT2D eigenvalue weighted by Gasteiger charge is -2.30. The van der Waals surface area contributed by atoms with Gasteiger partial charge in [0.2, 0.25) is 5.91 Å². The van der Waals surface area contributed by atoms with Gasteiger partial charge in [-0.25, -0.2) is 13.1 Å². The third-order valence-corrected chi connectivity index (χ3v) is 8.61. The Morgan fingerprint density at radius 2 is 1.80 bits per heavy atom. The number of morpholine rings is 1. The van der Waals surface area contributed by atoms with Crippen LogP contribution in [0.2, 0.25) is 0 Å². The summed E-state index contributed by atoms with van der Waals surface area (Å²) in [5.74, 6) is -1.14. The van der Waals surface area contributed by atoms with Crippen LogP contribution in [0.1, 0.15) is 35.1 Å². The molecule has 0 saturated carbocycles. The van der Waals surface area contributed by atoms with Crippen LogP contribution in [0.15, 0.2) is 46.9 Å². The first-order valence-corrected chi connectivity index (χ1v) is 13.3. The van der Waals surface area contributed by atoms with Gasteiger partial charge in [0.15, 0.2) is 15.5 Å². The molecule has 2 aliphatic heterocycles. The molecule has 0 bridgehead atoms. The fourth-order valence-electron chi connectivity index (χ4n) is 5.06. The van der Waals surface area contributed by atoms with Gasteiger partial charge < -0.3 is 14.5 Å². The van der Waals surface area contributed by atoms with E-state index in [0.717, 1.165) is 0 Å². The first-order valence-electron chi connectivity index (χ1n) is 11.6. The van der Waals surface area contributed by atoms with Crippen molar-refractivity contribution in [2.24, 2.45) is 5.92 Å². The second kappa shape index (κ2) is 8.76. The first-order chi connectivity index (χ1) is 16.7. The Kier molecular flexibility index (Phi) is 5.88. The predicted octanol–water partition coefficient (Wildman–Crippen LogP) is 2.04. The number of rotatable bonds is 3. The number of aromatic nitrogens is 2. The van der Waals surface area contributed by atoms with Crippen molar-refractivity contribution in [3.05, 3.63) is 63.8 Å². The summed E-state index contributed by atoms with van der Waals surface area (Å²) in [6, 6.07) is 9.33. The van der Waals surface area contributed by atoms with E-state index < -0.39 is 9.84 Å². The number of allylic oxidation sites excluding steroid dienone is 3. The molecule has 0 N–H and O–H groups in total. The molecule has 35 heavy (non-hydrogen) atoms. The van der Waals surface area contributed by atoms with Gasteiger partial charge in [-0.15, -0.1) is 0 Å². The zero-order chi connectivity index (χ0) is 24.9. The van der Waals surface area contributed by atoms with E-state index in [1.54, 1.807) is 29.8 Å². The molecule has 1 fully saturated rings. The van der Waals surface area contributed by atoms with Crippen molar-refractivity contribution in [1.29, 1.82) is 0 Å². The molecule has 2 aromatic rings. The van der Waals surface area contributed by atoms with Crippen LogP contribution in [0.3, 0.4) is 0 Å². The summed E-state index contributed by atoms with van der Waals surface area (Å²) < 4.78 is 34.1. The minimum absolute atomic E-state index is 0.132. The number of sulfone groups is 1. The SMILES string of the molecule is CC1CC(C(=O)N(C)C)=CC2=C1S(=O)(=O)Cc1c(C(=O)N3CCOCC3)nn(-c3ccccc3)c12. The van der Waals surface area contributed by atoms with Gasteiger partial charge in [-0.05, 0) is 30.5 Å². The monoisotopic (exact) mass is 496 g/mol. The van der Waals surface area contributed by atoms with Crippen LogP contribution in [-0.4, -0.2) is 80.2 Å². The fourth-order valence-corrected chi connectivity index (χ4v) is 7.06. The van der Waals surface area contributed by atoms with Crippen molar-refractivity contribution in [3.63, 3.8) is 0 Å². The van der Waals surface area contributed by atoms with Crippen LogP contribution in [0.5, 0.6) is 0 Å². The van der Waals surface area contributed by atoms with Gasteiger partial charge in [0, 0.05) is 43.9 Å². The third-order valence-electron chi connectivity index (χ3n) is 6.65. The zero-order valence-corrected chi connectivity index (χ0v) is 20.8. The molecule has 1 aromatic carbocycles. The van der Waals surface area contributed by atoms with Gasteiger partial charge >= 0.3 is 0 Å². The zero-order valence-electron chi connectivity index (χ0n) is 20.0. The largest absolute Gasteiger partial charge is 0.378 e. The van der Waals surface area contributed by atoms with Crippen LogP contribution >= 0.6 is 0 Å². The number of para-hydroxylation sites is 1. The van der Waals surface area contributed by atoms with E-state index >= 15 is 0 Å². The Morgan fingerprint density at radius 1 is 1.11 bits per heavy atom. The lowest BCUT2D eigenvalue weighted by atomic mass is 9.87. The standard InChI is InChI=1S/C25H28N4O5S/c1-16-13-17(24(30)27(2)3)14-19-22-20(15-35(32,33)23(16)19)21(25(31)28-9-11-34-12-10-28)26-29(22)18-7-5-4-6-8-18/h4-8,14,16H,9-13,15H2,1-3H3. The molecule has 10 heteroatoms. The number of carbonyl (C=O) groups excluding carboxylic acids is 2. The molecule has 5 rings (SSSR count). The molecule has 0 radical (unpaired) electrons. The summed E-state index contributed by atoms with van der Waals surface area (Å²) in [6.07, 6.45) is 2.01. The van der Waals surface area contributed by atoms with Crippen LogP contribution < -0.4 is 0 Å². The van der Waals surface area contributed by atoms with Gasteiger partial charge in [-0.2, -0.15) is 5.10 Å². The molecule has 3 heterocycles. The third kappa shape index (κ3) is 4.00. The second-order valence-corrected chi connectivity index (χ2v) is 11.3. The van der Waals surface area contributed by atoms with E-state index in [9.17, 15) is 18.0 Å². The van der Waals surface area contributed by atoms with Crippen molar-refractivity contribution in [2.45, 2.75) is 19.1 Å².